The normalized spacial score (nSPS) is 14.6. The van der Waals surface area contributed by atoms with Crippen LogP contribution in [0, 0.1) is 0 Å². The number of rotatable bonds is 4. The number of imide groups is 1. The van der Waals surface area contributed by atoms with Crippen LogP contribution in [0.5, 0.6) is 0 Å². The van der Waals surface area contributed by atoms with Gasteiger partial charge in [-0.2, -0.15) is 0 Å². The molecule has 0 aliphatic carbocycles. The molecule has 22 heavy (non-hydrogen) atoms. The lowest BCUT2D eigenvalue weighted by Crippen LogP contribution is -2.34. The van der Waals surface area contributed by atoms with E-state index < -0.39 is 11.8 Å². The maximum Gasteiger partial charge on any atom is 0.277 e. The molecule has 1 aliphatic rings. The number of benzene rings is 1. The van der Waals surface area contributed by atoms with Crippen molar-refractivity contribution < 1.29 is 14.7 Å². The van der Waals surface area contributed by atoms with E-state index in [1.165, 1.54) is 12.3 Å². The standard InChI is InChI=1S/C15H13N3O4/c19-7-6-18-13(20)8-12(15(18)22)17-11-3-1-2-10-9(11)4-5-16-14(10)21/h1-5,8,17,19H,6-7H2,(H,16,21). The first-order chi connectivity index (χ1) is 10.6. The number of amides is 2. The quantitative estimate of drug-likeness (QED) is 0.699. The van der Waals surface area contributed by atoms with Gasteiger partial charge in [0, 0.05) is 28.7 Å². The fourth-order valence-electron chi connectivity index (χ4n) is 2.39. The second-order valence-electron chi connectivity index (χ2n) is 4.78. The summed E-state index contributed by atoms with van der Waals surface area (Å²) in [4.78, 5) is 39.1. The summed E-state index contributed by atoms with van der Waals surface area (Å²) in [5.41, 5.74) is 0.443. The molecule has 2 heterocycles. The number of aromatic nitrogens is 1. The number of nitrogens with zero attached hydrogens (tertiary/aromatic N) is 1. The van der Waals surface area contributed by atoms with Crippen molar-refractivity contribution in [2.75, 3.05) is 18.5 Å². The molecular weight excluding hydrogens is 286 g/mol. The highest BCUT2D eigenvalue weighted by molar-refractivity contribution is 6.18. The number of carbonyl (C=O) groups is 2. The molecule has 3 rings (SSSR count). The van der Waals surface area contributed by atoms with Crippen molar-refractivity contribution in [3.63, 3.8) is 0 Å². The Kier molecular flexibility index (Phi) is 3.48. The van der Waals surface area contributed by atoms with Gasteiger partial charge in [0.2, 0.25) is 0 Å². The first-order valence-corrected chi connectivity index (χ1v) is 6.67. The van der Waals surface area contributed by atoms with Crippen LogP contribution in [-0.2, 0) is 9.59 Å². The van der Waals surface area contributed by atoms with Crippen molar-refractivity contribution in [3.8, 4) is 0 Å². The van der Waals surface area contributed by atoms with Crippen molar-refractivity contribution >= 4 is 28.3 Å². The Balaban J connectivity index is 1.97. The largest absolute Gasteiger partial charge is 0.395 e. The lowest BCUT2D eigenvalue weighted by Gasteiger charge is -2.14. The number of hydrogen-bond donors (Lipinski definition) is 3. The number of β-amino-alcohol motifs (C(OH)–C–C–N with tert-alkyl or cyclic N) is 1. The SMILES string of the molecule is O=C1C=C(Nc2cccc3c(=O)[nH]ccc23)C(=O)N1CCO. The van der Waals surface area contributed by atoms with Crippen LogP contribution in [0.3, 0.4) is 0 Å². The van der Waals surface area contributed by atoms with Crippen LogP contribution in [0.4, 0.5) is 5.69 Å². The molecule has 1 aromatic heterocycles. The maximum absolute atomic E-state index is 12.1. The minimum atomic E-state index is -0.499. The van der Waals surface area contributed by atoms with Gasteiger partial charge in [-0.15, -0.1) is 0 Å². The number of aliphatic hydroxyl groups is 1. The van der Waals surface area contributed by atoms with Crippen LogP contribution < -0.4 is 10.9 Å². The molecule has 0 saturated carbocycles. The molecule has 0 fully saturated rings. The van der Waals surface area contributed by atoms with E-state index in [0.717, 1.165) is 4.90 Å². The van der Waals surface area contributed by atoms with Gasteiger partial charge in [-0.25, -0.2) is 0 Å². The molecular formula is C15H13N3O4. The lowest BCUT2D eigenvalue weighted by atomic mass is 10.1. The summed E-state index contributed by atoms with van der Waals surface area (Å²) in [7, 11) is 0. The number of aromatic amines is 1. The van der Waals surface area contributed by atoms with Crippen molar-refractivity contribution in [1.29, 1.82) is 0 Å². The maximum atomic E-state index is 12.1. The van der Waals surface area contributed by atoms with Crippen molar-refractivity contribution in [2.45, 2.75) is 0 Å². The monoisotopic (exact) mass is 299 g/mol. The van der Waals surface area contributed by atoms with Crippen LogP contribution in [0.15, 0.2) is 47.0 Å². The molecule has 0 spiro atoms. The molecule has 112 valence electrons. The average Bonchev–Trinajstić information content (AvgIpc) is 2.76. The molecule has 0 radical (unpaired) electrons. The van der Waals surface area contributed by atoms with Gasteiger partial charge in [-0.05, 0) is 18.2 Å². The fourth-order valence-corrected chi connectivity index (χ4v) is 2.39. The summed E-state index contributed by atoms with van der Waals surface area (Å²) >= 11 is 0. The third-order valence-electron chi connectivity index (χ3n) is 3.42. The molecule has 2 aromatic rings. The minimum Gasteiger partial charge on any atom is -0.395 e. The third kappa shape index (κ3) is 2.27. The first kappa shape index (κ1) is 14.0. The molecule has 0 unspecified atom stereocenters. The van der Waals surface area contributed by atoms with Crippen LogP contribution >= 0.6 is 0 Å². The van der Waals surface area contributed by atoms with Crippen molar-refractivity contribution in [2.24, 2.45) is 0 Å². The summed E-state index contributed by atoms with van der Waals surface area (Å²) in [6.07, 6.45) is 2.70. The Hall–Kier alpha value is -2.93. The smallest absolute Gasteiger partial charge is 0.277 e. The van der Waals surface area contributed by atoms with Crippen molar-refractivity contribution in [1.82, 2.24) is 9.88 Å². The van der Waals surface area contributed by atoms with E-state index in [1.54, 1.807) is 24.3 Å². The van der Waals surface area contributed by atoms with E-state index in [4.69, 9.17) is 5.11 Å². The van der Waals surface area contributed by atoms with E-state index in [9.17, 15) is 14.4 Å². The highest BCUT2D eigenvalue weighted by Crippen LogP contribution is 2.23. The highest BCUT2D eigenvalue weighted by atomic mass is 16.3. The Labute approximate surface area is 124 Å². The molecule has 0 bridgehead atoms. The van der Waals surface area contributed by atoms with Crippen LogP contribution in [0.25, 0.3) is 10.8 Å². The van der Waals surface area contributed by atoms with E-state index in [2.05, 4.69) is 10.3 Å². The molecule has 3 N–H and O–H groups in total. The van der Waals surface area contributed by atoms with Gasteiger partial charge < -0.3 is 15.4 Å². The zero-order valence-electron chi connectivity index (χ0n) is 11.5. The topological polar surface area (TPSA) is 102 Å². The van der Waals surface area contributed by atoms with Gasteiger partial charge in [-0.3, -0.25) is 19.3 Å². The van der Waals surface area contributed by atoms with Gasteiger partial charge in [0.05, 0.1) is 13.2 Å². The van der Waals surface area contributed by atoms with Gasteiger partial charge in [0.15, 0.2) is 0 Å². The molecule has 7 nitrogen and oxygen atoms in total. The predicted octanol–water partition coefficient (Wildman–Crippen LogP) is 0.185. The van der Waals surface area contributed by atoms with Crippen LogP contribution in [0.2, 0.25) is 0 Å². The summed E-state index contributed by atoms with van der Waals surface area (Å²) < 4.78 is 0. The fraction of sp³-hybridized carbons (Fsp3) is 0.133. The molecule has 1 aliphatic heterocycles. The summed E-state index contributed by atoms with van der Waals surface area (Å²) in [5.74, 6) is -0.972. The Morgan fingerprint density at radius 3 is 2.73 bits per heavy atom. The number of nitrogens with one attached hydrogen (secondary N) is 2. The number of H-pyrrole nitrogens is 1. The minimum absolute atomic E-state index is 0.0471. The molecule has 0 atom stereocenters. The number of hydrogen-bond acceptors (Lipinski definition) is 5. The van der Waals surface area contributed by atoms with E-state index >= 15 is 0 Å². The van der Waals surface area contributed by atoms with Gasteiger partial charge in [0.25, 0.3) is 17.4 Å². The molecule has 0 saturated heterocycles. The zero-order chi connectivity index (χ0) is 15.7. The van der Waals surface area contributed by atoms with Crippen molar-refractivity contribution in [3.05, 3.63) is 52.6 Å². The second kappa shape index (κ2) is 5.45. The first-order valence-electron chi connectivity index (χ1n) is 6.67. The Bertz CT molecular complexity index is 853. The third-order valence-corrected chi connectivity index (χ3v) is 3.42. The van der Waals surface area contributed by atoms with E-state index in [1.807, 2.05) is 0 Å². The van der Waals surface area contributed by atoms with Gasteiger partial charge in [-0.1, -0.05) is 6.07 Å². The number of anilines is 1. The summed E-state index contributed by atoms with van der Waals surface area (Å²) in [6, 6.07) is 6.79. The lowest BCUT2D eigenvalue weighted by molar-refractivity contribution is -0.137. The molecule has 7 heteroatoms. The highest BCUT2D eigenvalue weighted by Gasteiger charge is 2.30. The Morgan fingerprint density at radius 2 is 1.95 bits per heavy atom. The summed E-state index contributed by atoms with van der Waals surface area (Å²) in [6.45, 7) is -0.337. The average molecular weight is 299 g/mol. The van der Waals surface area contributed by atoms with Gasteiger partial charge >= 0.3 is 0 Å². The Morgan fingerprint density at radius 1 is 1.14 bits per heavy atom. The van der Waals surface area contributed by atoms with Gasteiger partial charge in [0.1, 0.15) is 5.70 Å². The zero-order valence-corrected chi connectivity index (χ0v) is 11.5. The number of aliphatic hydroxyl groups excluding tert-OH is 1. The van der Waals surface area contributed by atoms with E-state index in [0.29, 0.717) is 16.5 Å². The second-order valence-corrected chi connectivity index (χ2v) is 4.78. The molecule has 1 aromatic carbocycles. The van der Waals surface area contributed by atoms with Crippen LogP contribution in [0.1, 0.15) is 0 Å². The van der Waals surface area contributed by atoms with Crippen LogP contribution in [-0.4, -0.2) is 40.0 Å². The predicted molar refractivity (Wildman–Crippen MR) is 80.1 cm³/mol. The number of pyridine rings is 1. The molecule has 2 amide bonds. The number of fused-ring (bicyclic) bond motifs is 1. The summed E-state index contributed by atoms with van der Waals surface area (Å²) in [5, 5.41) is 12.9. The number of carbonyl (C=O) groups excluding carboxylic acids is 2. The van der Waals surface area contributed by atoms with E-state index in [-0.39, 0.29) is 24.4 Å².